The minimum Gasteiger partial charge on any atom is -0.494 e. The van der Waals surface area contributed by atoms with Crippen LogP contribution in [0.1, 0.15) is 54.8 Å². The van der Waals surface area contributed by atoms with Crippen LogP contribution in [-0.2, 0) is 0 Å². The van der Waals surface area contributed by atoms with Gasteiger partial charge in [0.1, 0.15) is 5.75 Å². The van der Waals surface area contributed by atoms with E-state index in [1.54, 1.807) is 6.20 Å². The molecule has 1 aromatic carbocycles. The van der Waals surface area contributed by atoms with E-state index in [9.17, 15) is 4.79 Å². The normalized spacial score (nSPS) is 15.8. The molecular formula is C18H26ClN5O2. The van der Waals surface area contributed by atoms with E-state index in [2.05, 4.69) is 20.9 Å². The predicted octanol–water partition coefficient (Wildman–Crippen LogP) is 2.51. The topological polar surface area (TPSA) is 81.1 Å². The number of carbonyl (C=O) groups excluding carboxylic acids is 1. The van der Waals surface area contributed by atoms with Gasteiger partial charge in [0.15, 0.2) is 5.69 Å². The number of amides is 1. The van der Waals surface area contributed by atoms with Gasteiger partial charge in [-0.05, 0) is 57.5 Å². The fourth-order valence-corrected chi connectivity index (χ4v) is 3.00. The van der Waals surface area contributed by atoms with Crippen molar-refractivity contribution in [1.29, 1.82) is 0 Å². The smallest absolute Gasteiger partial charge is 0.273 e. The Labute approximate surface area is 159 Å². The van der Waals surface area contributed by atoms with Crippen molar-refractivity contribution in [3.63, 3.8) is 0 Å². The molecule has 1 unspecified atom stereocenters. The summed E-state index contributed by atoms with van der Waals surface area (Å²) in [6, 6.07) is 7.94. The lowest BCUT2D eigenvalue weighted by Gasteiger charge is -2.22. The van der Waals surface area contributed by atoms with E-state index in [1.807, 2.05) is 42.8 Å². The van der Waals surface area contributed by atoms with Crippen LogP contribution in [0.4, 0.5) is 0 Å². The highest BCUT2D eigenvalue weighted by Crippen LogP contribution is 2.19. The maximum atomic E-state index is 12.4. The first-order valence-corrected chi connectivity index (χ1v) is 8.83. The zero-order chi connectivity index (χ0) is 17.6. The molecule has 1 atom stereocenters. The Morgan fingerprint density at radius 1 is 1.35 bits per heavy atom. The molecule has 3 rings (SSSR count). The molecule has 2 N–H and O–H groups in total. The highest BCUT2D eigenvalue weighted by Gasteiger charge is 2.19. The number of benzene rings is 1. The molecule has 0 aliphatic carbocycles. The molecule has 1 fully saturated rings. The van der Waals surface area contributed by atoms with Crippen LogP contribution in [0.2, 0.25) is 0 Å². The van der Waals surface area contributed by atoms with Gasteiger partial charge >= 0.3 is 0 Å². The van der Waals surface area contributed by atoms with Crippen molar-refractivity contribution >= 4 is 18.3 Å². The van der Waals surface area contributed by atoms with E-state index >= 15 is 0 Å². The van der Waals surface area contributed by atoms with Crippen LogP contribution >= 0.6 is 12.4 Å². The van der Waals surface area contributed by atoms with E-state index in [0.29, 0.717) is 18.3 Å². The zero-order valence-corrected chi connectivity index (χ0v) is 16.0. The third-order valence-electron chi connectivity index (χ3n) is 4.46. The molecule has 1 aliphatic rings. The summed E-state index contributed by atoms with van der Waals surface area (Å²) in [5, 5.41) is 14.5. The third kappa shape index (κ3) is 4.95. The average Bonchev–Trinajstić information content (AvgIpc) is 3.13. The first kappa shape index (κ1) is 20.2. The summed E-state index contributed by atoms with van der Waals surface area (Å²) in [7, 11) is 0. The van der Waals surface area contributed by atoms with E-state index in [0.717, 1.165) is 37.2 Å². The zero-order valence-electron chi connectivity index (χ0n) is 15.1. The molecule has 0 spiro atoms. The molecule has 142 valence electrons. The van der Waals surface area contributed by atoms with Gasteiger partial charge in [-0.2, -0.15) is 0 Å². The van der Waals surface area contributed by atoms with Gasteiger partial charge in [-0.1, -0.05) is 17.3 Å². The Kier molecular flexibility index (Phi) is 7.41. The number of hydrogen-bond donors (Lipinski definition) is 2. The Hall–Kier alpha value is -2.12. The van der Waals surface area contributed by atoms with Crippen molar-refractivity contribution in [3.05, 3.63) is 41.7 Å². The molecule has 7 nitrogen and oxygen atoms in total. The first-order valence-electron chi connectivity index (χ1n) is 8.83. The third-order valence-corrected chi connectivity index (χ3v) is 4.46. The summed E-state index contributed by atoms with van der Waals surface area (Å²) in [6.45, 7) is 6.48. The highest BCUT2D eigenvalue weighted by atomic mass is 35.5. The maximum absolute atomic E-state index is 12.4. The van der Waals surface area contributed by atoms with Crippen molar-refractivity contribution in [2.75, 3.05) is 19.7 Å². The molecule has 1 amide bonds. The molecule has 1 aliphatic heterocycles. The number of nitrogens with zero attached hydrogens (tertiary/aromatic N) is 3. The van der Waals surface area contributed by atoms with Crippen LogP contribution < -0.4 is 15.4 Å². The summed E-state index contributed by atoms with van der Waals surface area (Å²) in [6.07, 6.45) is 3.76. The van der Waals surface area contributed by atoms with E-state index in [4.69, 9.17) is 4.74 Å². The second-order valence-electron chi connectivity index (χ2n) is 6.26. The predicted molar refractivity (Wildman–Crippen MR) is 102 cm³/mol. The van der Waals surface area contributed by atoms with Crippen LogP contribution in [-0.4, -0.2) is 40.6 Å². The number of halogens is 1. The Bertz CT molecular complexity index is 698. The number of piperidine rings is 1. The van der Waals surface area contributed by atoms with Crippen LogP contribution in [0.5, 0.6) is 5.75 Å². The first-order chi connectivity index (χ1) is 12.2. The van der Waals surface area contributed by atoms with Gasteiger partial charge in [0, 0.05) is 0 Å². The van der Waals surface area contributed by atoms with Crippen LogP contribution in [0.25, 0.3) is 0 Å². The number of carbonyl (C=O) groups is 1. The summed E-state index contributed by atoms with van der Waals surface area (Å²) >= 11 is 0. The quantitative estimate of drug-likeness (QED) is 0.806. The molecule has 2 heterocycles. The Morgan fingerprint density at radius 3 is 2.69 bits per heavy atom. The number of ether oxygens (including phenoxy) is 1. The van der Waals surface area contributed by atoms with Crippen LogP contribution in [0, 0.1) is 0 Å². The molecule has 26 heavy (non-hydrogen) atoms. The van der Waals surface area contributed by atoms with Gasteiger partial charge in [0.05, 0.1) is 24.9 Å². The van der Waals surface area contributed by atoms with Crippen molar-refractivity contribution < 1.29 is 9.53 Å². The van der Waals surface area contributed by atoms with Gasteiger partial charge < -0.3 is 15.4 Å². The van der Waals surface area contributed by atoms with Crippen molar-refractivity contribution in [2.24, 2.45) is 0 Å². The summed E-state index contributed by atoms with van der Waals surface area (Å²) < 4.78 is 7.26. The van der Waals surface area contributed by atoms with Crippen molar-refractivity contribution in [1.82, 2.24) is 25.6 Å². The Morgan fingerprint density at radius 2 is 2.04 bits per heavy atom. The van der Waals surface area contributed by atoms with Gasteiger partial charge in [0.2, 0.25) is 0 Å². The largest absolute Gasteiger partial charge is 0.494 e. The fraction of sp³-hybridized carbons (Fsp3) is 0.500. The average molecular weight is 380 g/mol. The summed E-state index contributed by atoms with van der Waals surface area (Å²) in [4.78, 5) is 12.4. The number of hydrogen-bond acceptors (Lipinski definition) is 5. The van der Waals surface area contributed by atoms with Crippen molar-refractivity contribution in [2.45, 2.75) is 38.8 Å². The minimum absolute atomic E-state index is 0. The monoisotopic (exact) mass is 379 g/mol. The molecule has 0 bridgehead atoms. The lowest BCUT2D eigenvalue weighted by Crippen LogP contribution is -2.29. The molecule has 0 radical (unpaired) electrons. The lowest BCUT2D eigenvalue weighted by molar-refractivity contribution is 0.0934. The van der Waals surface area contributed by atoms with Crippen molar-refractivity contribution in [3.8, 4) is 5.75 Å². The number of nitrogens with one attached hydrogen (secondary N) is 2. The summed E-state index contributed by atoms with van der Waals surface area (Å²) in [5.41, 5.74) is 1.37. The number of rotatable bonds is 6. The molecule has 8 heteroatoms. The minimum atomic E-state index is -0.207. The van der Waals surface area contributed by atoms with Gasteiger partial charge in [0.25, 0.3) is 5.91 Å². The number of aromatic nitrogens is 3. The van der Waals surface area contributed by atoms with E-state index < -0.39 is 0 Å². The molecule has 2 aromatic rings. The highest BCUT2D eigenvalue weighted by molar-refractivity contribution is 5.92. The standard InChI is InChI=1S/C18H25N5O2.ClH/c1-3-25-16-6-4-14(5-7-16)13(2)20-18(24)17-12-23(22-21-17)15-8-10-19-11-9-15;/h4-7,12-13,15,19H,3,8-11H2,1-2H3,(H,20,24);1H. The second kappa shape index (κ2) is 9.54. The van der Waals surface area contributed by atoms with Gasteiger partial charge in [-0.25, -0.2) is 4.68 Å². The molecular weight excluding hydrogens is 354 g/mol. The van der Waals surface area contributed by atoms with Crippen LogP contribution in [0.15, 0.2) is 30.5 Å². The van der Waals surface area contributed by atoms with Gasteiger partial charge in [-0.15, -0.1) is 17.5 Å². The molecule has 1 saturated heterocycles. The second-order valence-corrected chi connectivity index (χ2v) is 6.26. The van der Waals surface area contributed by atoms with E-state index in [-0.39, 0.29) is 24.4 Å². The Balaban J connectivity index is 0.00000243. The van der Waals surface area contributed by atoms with E-state index in [1.165, 1.54) is 0 Å². The SMILES string of the molecule is CCOc1ccc(C(C)NC(=O)c2cn(C3CCNCC3)nn2)cc1.Cl. The molecule has 0 saturated carbocycles. The summed E-state index contributed by atoms with van der Waals surface area (Å²) in [5.74, 6) is 0.622. The van der Waals surface area contributed by atoms with Crippen LogP contribution in [0.3, 0.4) is 0 Å². The molecule has 1 aromatic heterocycles. The maximum Gasteiger partial charge on any atom is 0.273 e. The van der Waals surface area contributed by atoms with Gasteiger partial charge in [-0.3, -0.25) is 4.79 Å². The lowest BCUT2D eigenvalue weighted by atomic mass is 10.1. The fourth-order valence-electron chi connectivity index (χ4n) is 3.00.